The van der Waals surface area contributed by atoms with Gasteiger partial charge in [0.1, 0.15) is 4.90 Å². The van der Waals surface area contributed by atoms with E-state index in [0.29, 0.717) is 10.7 Å². The van der Waals surface area contributed by atoms with Crippen LogP contribution in [0.4, 0.5) is 0 Å². The third kappa shape index (κ3) is 6.07. The number of nitrogens with zero attached hydrogens (tertiary/aromatic N) is 1. The molecule has 0 unspecified atom stereocenters. The number of carbonyl (C=O) groups is 2. The van der Waals surface area contributed by atoms with Gasteiger partial charge in [0.25, 0.3) is 15.9 Å². The number of thioether (sulfide) groups is 1. The van der Waals surface area contributed by atoms with Crippen molar-refractivity contribution < 1.29 is 18.0 Å². The molecule has 0 spiro atoms. The maximum atomic E-state index is 12.4. The number of fused-ring (bicyclic) bond motifs is 1. The average Bonchev–Trinajstić information content (AvgIpc) is 2.84. The van der Waals surface area contributed by atoms with E-state index in [0.717, 1.165) is 19.3 Å². The van der Waals surface area contributed by atoms with E-state index in [-0.39, 0.29) is 22.8 Å². The topological polar surface area (TPSA) is 71.5 Å². The third-order valence-electron chi connectivity index (χ3n) is 4.79. The fourth-order valence-corrected chi connectivity index (χ4v) is 5.30. The Bertz CT molecular complexity index is 746. The summed E-state index contributed by atoms with van der Waals surface area (Å²) in [5.74, 6) is 0.444. The zero-order chi connectivity index (χ0) is 19.7. The summed E-state index contributed by atoms with van der Waals surface area (Å²) >= 11 is 1.89. The van der Waals surface area contributed by atoms with E-state index in [9.17, 15) is 18.0 Å². The van der Waals surface area contributed by atoms with Gasteiger partial charge < -0.3 is 0 Å². The largest absolute Gasteiger partial charge is 0.298 e. The molecule has 1 heterocycles. The van der Waals surface area contributed by atoms with E-state index >= 15 is 0 Å². The Balaban J connectivity index is 1.65. The van der Waals surface area contributed by atoms with Crippen LogP contribution in [0, 0.1) is 0 Å². The zero-order valence-corrected chi connectivity index (χ0v) is 17.6. The second kappa shape index (κ2) is 10.9. The normalized spacial score (nSPS) is 15.1. The first kappa shape index (κ1) is 22.0. The lowest BCUT2D eigenvalue weighted by Crippen LogP contribution is -2.34. The summed E-state index contributed by atoms with van der Waals surface area (Å²) < 4.78 is 25.6. The quantitative estimate of drug-likeness (QED) is 0.453. The van der Waals surface area contributed by atoms with E-state index in [1.165, 1.54) is 50.0 Å². The highest BCUT2D eigenvalue weighted by atomic mass is 32.2. The lowest BCUT2D eigenvalue weighted by atomic mass is 10.1. The number of sulfonamides is 1. The van der Waals surface area contributed by atoms with E-state index in [4.69, 9.17) is 0 Å². The summed E-state index contributed by atoms with van der Waals surface area (Å²) in [6, 6.07) is 6.10. The van der Waals surface area contributed by atoms with Crippen LogP contribution in [-0.2, 0) is 14.8 Å². The first-order valence-electron chi connectivity index (χ1n) is 9.65. The lowest BCUT2D eigenvalue weighted by Gasteiger charge is -2.14. The predicted octanol–water partition coefficient (Wildman–Crippen LogP) is 4.27. The number of amides is 1. The van der Waals surface area contributed by atoms with Gasteiger partial charge >= 0.3 is 0 Å². The Morgan fingerprint density at radius 2 is 1.56 bits per heavy atom. The Morgan fingerprint density at radius 1 is 0.963 bits per heavy atom. The van der Waals surface area contributed by atoms with Crippen LogP contribution in [0.25, 0.3) is 0 Å². The van der Waals surface area contributed by atoms with Gasteiger partial charge in [0.2, 0.25) is 0 Å². The van der Waals surface area contributed by atoms with Crippen molar-refractivity contribution in [3.8, 4) is 0 Å². The zero-order valence-electron chi connectivity index (χ0n) is 16.0. The molecule has 0 bridgehead atoms. The summed E-state index contributed by atoms with van der Waals surface area (Å²) in [4.78, 5) is 24.4. The number of carbonyl (C=O) groups excluding carboxylic acids is 2. The molecule has 0 N–H and O–H groups in total. The molecule has 0 saturated heterocycles. The molecular weight excluding hydrogens is 382 g/mol. The Hall–Kier alpha value is -1.34. The number of rotatable bonds is 13. The predicted molar refractivity (Wildman–Crippen MR) is 110 cm³/mol. The van der Waals surface area contributed by atoms with Crippen molar-refractivity contribution in [1.29, 1.82) is 0 Å². The van der Waals surface area contributed by atoms with Crippen molar-refractivity contribution in [2.45, 2.75) is 62.7 Å². The van der Waals surface area contributed by atoms with Crippen LogP contribution in [0.5, 0.6) is 0 Å². The number of ketones is 1. The maximum absolute atomic E-state index is 12.4. The molecule has 1 amide bonds. The molecule has 0 atom stereocenters. The van der Waals surface area contributed by atoms with Crippen LogP contribution in [0.3, 0.4) is 0 Å². The molecule has 27 heavy (non-hydrogen) atoms. The molecule has 7 heteroatoms. The summed E-state index contributed by atoms with van der Waals surface area (Å²) in [7, 11) is -3.88. The first-order valence-corrected chi connectivity index (χ1v) is 12.5. The van der Waals surface area contributed by atoms with Gasteiger partial charge in [-0.15, -0.1) is 0 Å². The molecular formula is C20H29NO4S2. The minimum absolute atomic E-state index is 0.000306. The van der Waals surface area contributed by atoms with Crippen LogP contribution in [0.1, 0.15) is 68.1 Å². The fourth-order valence-electron chi connectivity index (χ4n) is 3.26. The molecule has 0 fully saturated rings. The molecule has 0 aromatic heterocycles. The number of benzene rings is 1. The summed E-state index contributed by atoms with van der Waals surface area (Å²) in [6.45, 7) is -0.356. The maximum Gasteiger partial charge on any atom is 0.269 e. The van der Waals surface area contributed by atoms with Gasteiger partial charge in [-0.3, -0.25) is 9.59 Å². The van der Waals surface area contributed by atoms with Crippen LogP contribution in [-0.4, -0.2) is 43.0 Å². The van der Waals surface area contributed by atoms with Crippen molar-refractivity contribution in [2.75, 3.05) is 18.6 Å². The smallest absolute Gasteiger partial charge is 0.269 e. The number of hydrogen-bond donors (Lipinski definition) is 0. The second-order valence-corrected chi connectivity index (χ2v) is 9.74. The Labute approximate surface area is 167 Å². The standard InChI is InChI=1S/C20H29NO4S2/c1-26-15-11-7-5-3-2-4-6-8-12-17(22)16-21-20(23)18-13-9-10-14-19(18)27(21,24)25/h9-10,13-14H,2-8,11-12,15-16H2,1H3. The number of hydrogen-bond acceptors (Lipinski definition) is 5. The minimum Gasteiger partial charge on any atom is -0.298 e. The van der Waals surface area contributed by atoms with Gasteiger partial charge in [0.05, 0.1) is 12.1 Å². The summed E-state index contributed by atoms with van der Waals surface area (Å²) in [5.41, 5.74) is 0.155. The van der Waals surface area contributed by atoms with E-state index in [1.54, 1.807) is 12.1 Å². The van der Waals surface area contributed by atoms with E-state index in [1.807, 2.05) is 11.8 Å². The van der Waals surface area contributed by atoms with E-state index in [2.05, 4.69) is 6.26 Å². The Kier molecular flexibility index (Phi) is 8.83. The van der Waals surface area contributed by atoms with Crippen LogP contribution in [0.2, 0.25) is 0 Å². The molecule has 5 nitrogen and oxygen atoms in total. The molecule has 0 saturated carbocycles. The minimum atomic E-state index is -3.88. The third-order valence-corrected chi connectivity index (χ3v) is 7.27. The summed E-state index contributed by atoms with van der Waals surface area (Å²) in [6.07, 6.45) is 11.5. The monoisotopic (exact) mass is 411 g/mol. The first-order chi connectivity index (χ1) is 13.0. The average molecular weight is 412 g/mol. The van der Waals surface area contributed by atoms with Crippen molar-refractivity contribution in [3.63, 3.8) is 0 Å². The Morgan fingerprint density at radius 3 is 2.19 bits per heavy atom. The highest BCUT2D eigenvalue weighted by molar-refractivity contribution is 7.98. The van der Waals surface area contributed by atoms with Crippen LogP contribution < -0.4 is 0 Å². The van der Waals surface area contributed by atoms with Gasteiger partial charge in [-0.05, 0) is 37.0 Å². The summed E-state index contributed by atoms with van der Waals surface area (Å²) in [5, 5.41) is 0. The highest BCUT2D eigenvalue weighted by Gasteiger charge is 2.41. The second-order valence-electron chi connectivity index (χ2n) is 6.92. The molecule has 2 rings (SSSR count). The van der Waals surface area contributed by atoms with E-state index < -0.39 is 15.9 Å². The van der Waals surface area contributed by atoms with Crippen LogP contribution in [0.15, 0.2) is 29.2 Å². The fraction of sp³-hybridized carbons (Fsp3) is 0.600. The van der Waals surface area contributed by atoms with Gasteiger partial charge in [-0.2, -0.15) is 11.8 Å². The van der Waals surface area contributed by atoms with Gasteiger partial charge in [-0.1, -0.05) is 50.7 Å². The molecule has 0 aliphatic carbocycles. The van der Waals surface area contributed by atoms with Gasteiger partial charge in [0, 0.05) is 6.42 Å². The highest BCUT2D eigenvalue weighted by Crippen LogP contribution is 2.29. The number of Topliss-reactive ketones (excluding diaryl/α,β-unsaturated/α-hetero) is 1. The molecule has 150 valence electrons. The number of unbranched alkanes of at least 4 members (excludes halogenated alkanes) is 7. The molecule has 1 aromatic carbocycles. The molecule has 1 aliphatic rings. The lowest BCUT2D eigenvalue weighted by molar-refractivity contribution is -0.119. The van der Waals surface area contributed by atoms with Crippen molar-refractivity contribution in [1.82, 2.24) is 4.31 Å². The molecule has 1 aromatic rings. The van der Waals surface area contributed by atoms with Gasteiger partial charge in [-0.25, -0.2) is 12.7 Å². The molecule has 1 aliphatic heterocycles. The van der Waals surface area contributed by atoms with Gasteiger partial charge in [0.15, 0.2) is 5.78 Å². The van der Waals surface area contributed by atoms with Crippen molar-refractivity contribution in [3.05, 3.63) is 29.8 Å². The van der Waals surface area contributed by atoms with Crippen molar-refractivity contribution >= 4 is 33.5 Å². The van der Waals surface area contributed by atoms with Crippen molar-refractivity contribution in [2.24, 2.45) is 0 Å². The molecule has 0 radical (unpaired) electrons. The SMILES string of the molecule is CSCCCCCCCCCCC(=O)CN1C(=O)c2ccccc2S1(=O)=O. The van der Waals surface area contributed by atoms with Crippen LogP contribution >= 0.6 is 11.8 Å².